The molecule has 52 heteroatoms. The lowest BCUT2D eigenvalue weighted by Gasteiger charge is -2.50. The highest BCUT2D eigenvalue weighted by atomic mass is 32.3. The van der Waals surface area contributed by atoms with Crippen molar-refractivity contribution in [3.8, 4) is 0 Å². The molecule has 20 N–H and O–H groups in total. The van der Waals surface area contributed by atoms with Crippen LogP contribution in [0, 0.1) is 0 Å². The van der Waals surface area contributed by atoms with E-state index in [0.29, 0.717) is 0 Å². The largest absolute Gasteiger partial charge is 0.479 e. The number of nitrogens with one attached hydrogen (secondary N) is 2. The van der Waals surface area contributed by atoms with Crippen molar-refractivity contribution in [3.05, 3.63) is 0 Å². The summed E-state index contributed by atoms with van der Waals surface area (Å²) in [4.78, 5) is 25.5. The van der Waals surface area contributed by atoms with Gasteiger partial charge in [-0.05, 0) is 0 Å². The molecule has 5 aliphatic heterocycles. The molecule has 25 atom stereocenters. The van der Waals surface area contributed by atoms with Gasteiger partial charge in [0.1, 0.15) is 97.5 Å². The summed E-state index contributed by atoms with van der Waals surface area (Å²) in [7, 11) is -35.0. The zero-order chi connectivity index (χ0) is 62.3. The number of nitrogens with two attached hydrogens (primary N) is 1. The highest BCUT2D eigenvalue weighted by Gasteiger charge is 2.61. The van der Waals surface area contributed by atoms with Gasteiger partial charge in [0.15, 0.2) is 49.8 Å². The van der Waals surface area contributed by atoms with Crippen molar-refractivity contribution in [3.63, 3.8) is 0 Å². The minimum atomic E-state index is -6.26. The Hall–Kier alpha value is -2.56. The number of hydrogen-bond donors (Lipinski definition) is 19. The molecule has 0 bridgehead atoms. The molecule has 0 spiro atoms. The van der Waals surface area contributed by atoms with E-state index in [4.69, 9.17) is 52.9 Å². The summed E-state index contributed by atoms with van der Waals surface area (Å²) in [5, 5.41) is 107. The molecule has 0 amide bonds. The first-order valence-corrected chi connectivity index (χ1v) is 30.2. The van der Waals surface area contributed by atoms with E-state index in [1.54, 1.807) is 0 Å². The van der Waals surface area contributed by atoms with E-state index in [1.165, 1.54) is 4.72 Å². The summed E-state index contributed by atoms with van der Waals surface area (Å²) < 4.78 is 269. The molecule has 5 heterocycles. The molecule has 0 aromatic heterocycles. The number of ether oxygens (including phenoxy) is 9. The lowest BCUT2D eigenvalue weighted by molar-refractivity contribution is -0.372. The summed E-state index contributed by atoms with van der Waals surface area (Å²) in [5.74, 6) is -4.70. The molecule has 0 saturated carbocycles. The van der Waals surface area contributed by atoms with E-state index in [-0.39, 0.29) is 0 Å². The zero-order valence-corrected chi connectivity index (χ0v) is 44.7. The quantitative estimate of drug-likeness (QED) is 0.0377. The summed E-state index contributed by atoms with van der Waals surface area (Å²) in [6.45, 7) is -4.56. The molecule has 5 aliphatic rings. The first kappa shape index (κ1) is 70.2. The predicted molar refractivity (Wildman–Crippen MR) is 236 cm³/mol. The van der Waals surface area contributed by atoms with Crippen LogP contribution < -0.4 is 15.2 Å². The van der Waals surface area contributed by atoms with Crippen molar-refractivity contribution in [2.75, 3.05) is 19.8 Å². The number of aliphatic hydroxyl groups excluding tert-OH is 8. The zero-order valence-electron chi connectivity index (χ0n) is 39.8. The molecule has 0 aliphatic carbocycles. The second-order valence-electron chi connectivity index (χ2n) is 17.4. The summed E-state index contributed by atoms with van der Waals surface area (Å²) in [6, 6.07) is -7.49. The van der Waals surface area contributed by atoms with Gasteiger partial charge in [-0.2, -0.15) is 60.0 Å². The van der Waals surface area contributed by atoms with Crippen LogP contribution in [-0.2, 0) is 131 Å². The molecule has 5 rings (SSSR count). The number of carboxylic acid groups (broad SMARTS) is 2. The second kappa shape index (κ2) is 26.8. The highest BCUT2D eigenvalue weighted by Crippen LogP contribution is 2.38. The first-order valence-electron chi connectivity index (χ1n) is 21.8. The fraction of sp³-hybridized carbons (Fsp3) is 0.933. The van der Waals surface area contributed by atoms with Gasteiger partial charge in [-0.25, -0.2) is 26.3 Å². The van der Waals surface area contributed by atoms with Gasteiger partial charge in [0, 0.05) is 0 Å². The third-order valence-corrected chi connectivity index (χ3v) is 14.7. The SMILES string of the molecule is N[C@H]1C(O)O[C@H](CO)[C@@H](O[C@@H]2O[C@@H](C(=O)O)[C@@H](O[C@H]3O[C@H](COS(=O)(=O)O)[C@@H](O[C@@H]4O[C@H](C(=O)O)[C@@H](O[C@H]5O[C@H](COS(=O)(=O)O)[C@@H](O)[C@H](O)[C@H]5NS(=O)(=O)O)[C@H](O)[C@H]4O)[C@H](OS(=O)(=O)O)[C@H]3NS(=O)(=O)O)[C@H](O)[C@H]2OS(=O)(=O)O)[C@@H]1O. The van der Waals surface area contributed by atoms with Gasteiger partial charge < -0.3 is 99.4 Å². The highest BCUT2D eigenvalue weighted by molar-refractivity contribution is 7.84. The Balaban J connectivity index is 1.57. The average Bonchev–Trinajstić information content (AvgIpc) is 3.53. The van der Waals surface area contributed by atoms with Gasteiger partial charge in [-0.1, -0.05) is 0 Å². The van der Waals surface area contributed by atoms with E-state index < -0.39 is 247 Å². The Kier molecular flexibility index (Phi) is 23.0. The Morgan fingerprint density at radius 2 is 0.854 bits per heavy atom. The van der Waals surface area contributed by atoms with Gasteiger partial charge in [-0.3, -0.25) is 27.3 Å². The van der Waals surface area contributed by atoms with Crippen molar-refractivity contribution < 1.29 is 198 Å². The normalized spacial score (nSPS) is 41.2. The number of hydrogen-bond acceptors (Lipinski definition) is 36. The van der Waals surface area contributed by atoms with Crippen LogP contribution in [0.3, 0.4) is 0 Å². The molecule has 0 aromatic carbocycles. The van der Waals surface area contributed by atoms with Crippen LogP contribution in [0.4, 0.5) is 0 Å². The summed E-state index contributed by atoms with van der Waals surface area (Å²) in [5.41, 5.74) is 5.65. The van der Waals surface area contributed by atoms with Gasteiger partial charge >= 0.3 is 74.1 Å². The van der Waals surface area contributed by atoms with Crippen molar-refractivity contribution in [2.45, 2.75) is 153 Å². The first-order chi connectivity index (χ1) is 37.3. The number of carbonyl (C=O) groups is 2. The smallest absolute Gasteiger partial charge is 0.397 e. The van der Waals surface area contributed by atoms with E-state index >= 15 is 0 Å². The lowest BCUT2D eigenvalue weighted by atomic mass is 9.94. The van der Waals surface area contributed by atoms with Crippen molar-refractivity contribution >= 4 is 74.1 Å². The third kappa shape index (κ3) is 18.7. The molecular formula is C30H51N3O43S6. The van der Waals surface area contributed by atoms with E-state index in [9.17, 15) is 134 Å². The Labute approximate surface area is 458 Å². The van der Waals surface area contributed by atoms with Crippen LogP contribution in [0.2, 0.25) is 0 Å². The molecular weight excluding hydrogens is 1280 g/mol. The molecule has 5 saturated heterocycles. The van der Waals surface area contributed by atoms with Gasteiger partial charge in [0.2, 0.25) is 0 Å². The molecule has 46 nitrogen and oxygen atoms in total. The molecule has 82 heavy (non-hydrogen) atoms. The van der Waals surface area contributed by atoms with E-state index in [2.05, 4.69) is 16.7 Å². The van der Waals surface area contributed by atoms with E-state index in [0.717, 1.165) is 4.72 Å². The van der Waals surface area contributed by atoms with Gasteiger partial charge in [-0.15, -0.1) is 0 Å². The molecule has 0 aromatic rings. The fourth-order valence-electron chi connectivity index (χ4n) is 8.38. The fourth-order valence-corrected chi connectivity index (χ4v) is 11.2. The number of carboxylic acids is 2. The van der Waals surface area contributed by atoms with Crippen LogP contribution in [0.25, 0.3) is 0 Å². The van der Waals surface area contributed by atoms with E-state index in [1.807, 2.05) is 0 Å². The standard InChI is InChI=1S/C30H51N3O43S6/c31-7-11(36)16(4(1-34)66-26(7)45)69-30-21(76-82(61,62)63)15(40)20(23(74-30)25(43)44)72-28-9(33-78(49,50)51)18(75-81(58,59)60)17(6(68-28)3-65-80(55,56)57)70-29-14(39)13(38)19(22(73-29)24(41)42)71-27-8(32-77(46,47)48)12(37)10(35)5(67-27)2-64-79(52,53)54/h4-23,26-30,32-40,45H,1-3,31H2,(H,41,42)(H,43,44)(H,46,47,48)(H,49,50,51)(H,52,53,54)(H,55,56,57)(H,58,59,60)(H,61,62,63)/t4-,5-,6-,7-,8-,9-,10-,11-,12-,13-,14-,15+,16-,17-,18-,19+,20+,21-,22+,23-,26?,27-,28-,29-,30-/m1/s1. The van der Waals surface area contributed by atoms with Crippen LogP contribution >= 0.6 is 0 Å². The van der Waals surface area contributed by atoms with Crippen LogP contribution in [0.5, 0.6) is 0 Å². The Bertz CT molecular complexity index is 2920. The van der Waals surface area contributed by atoms with Crippen LogP contribution in [-0.4, -0.2) is 314 Å². The average molecular weight is 1330 g/mol. The maximum Gasteiger partial charge on any atom is 0.397 e. The Morgan fingerprint density at radius 3 is 1.33 bits per heavy atom. The number of aliphatic hydroxyl groups is 8. The number of rotatable bonds is 25. The lowest BCUT2D eigenvalue weighted by Crippen LogP contribution is -2.71. The molecule has 480 valence electrons. The van der Waals surface area contributed by atoms with Crippen molar-refractivity contribution in [1.82, 2.24) is 9.44 Å². The third-order valence-electron chi connectivity index (χ3n) is 11.8. The molecule has 5 fully saturated rings. The summed E-state index contributed by atoms with van der Waals surface area (Å²) in [6.07, 6.45) is -59.8. The van der Waals surface area contributed by atoms with Crippen molar-refractivity contribution in [2.24, 2.45) is 5.73 Å². The maximum absolute atomic E-state index is 12.8. The van der Waals surface area contributed by atoms with Crippen molar-refractivity contribution in [1.29, 1.82) is 0 Å². The van der Waals surface area contributed by atoms with Gasteiger partial charge in [0.05, 0.1) is 25.9 Å². The topological polar surface area (TPSA) is 733 Å². The molecule has 1 unspecified atom stereocenters. The number of aliphatic carboxylic acids is 2. The predicted octanol–water partition coefficient (Wildman–Crippen LogP) is -13.7. The molecule has 0 radical (unpaired) electrons. The van der Waals surface area contributed by atoms with Crippen LogP contribution in [0.1, 0.15) is 0 Å². The Morgan fingerprint density at radius 1 is 0.427 bits per heavy atom. The van der Waals surface area contributed by atoms with Gasteiger partial charge in [0.25, 0.3) is 0 Å². The van der Waals surface area contributed by atoms with Crippen LogP contribution in [0.15, 0.2) is 0 Å². The maximum atomic E-state index is 12.8. The minimum absolute atomic E-state index is 1.16. The summed E-state index contributed by atoms with van der Waals surface area (Å²) >= 11 is 0. The second-order valence-corrected chi connectivity index (χ2v) is 24.1. The monoisotopic (exact) mass is 1330 g/mol. The minimum Gasteiger partial charge on any atom is -0.479 e.